The lowest BCUT2D eigenvalue weighted by molar-refractivity contribution is 0.120. The second-order valence-electron chi connectivity index (χ2n) is 7.39. The molecular formula is C19H36. The molecular weight excluding hydrogens is 228 g/mol. The Labute approximate surface area is 121 Å². The maximum atomic E-state index is 2.46. The highest BCUT2D eigenvalue weighted by atomic mass is 14.4. The smallest absolute Gasteiger partial charge is 0.0360 e. The fraction of sp³-hybridized carbons (Fsp3) is 1.00. The zero-order valence-electron chi connectivity index (χ0n) is 13.5. The first kappa shape index (κ1) is 15.4. The molecule has 19 heavy (non-hydrogen) atoms. The van der Waals surface area contributed by atoms with Crippen molar-refractivity contribution in [3.8, 4) is 0 Å². The van der Waals surface area contributed by atoms with Crippen LogP contribution in [0.4, 0.5) is 0 Å². The lowest BCUT2D eigenvalue weighted by atomic mass is 9.67. The van der Waals surface area contributed by atoms with E-state index >= 15 is 0 Å². The van der Waals surface area contributed by atoms with Gasteiger partial charge in [-0.05, 0) is 36.5 Å². The van der Waals surface area contributed by atoms with Crippen LogP contribution in [0, 0.1) is 23.7 Å². The summed E-state index contributed by atoms with van der Waals surface area (Å²) in [6, 6.07) is 0. The average molecular weight is 264 g/mol. The van der Waals surface area contributed by atoms with E-state index in [0.717, 1.165) is 23.7 Å². The van der Waals surface area contributed by atoms with Crippen molar-refractivity contribution in [2.24, 2.45) is 23.7 Å². The summed E-state index contributed by atoms with van der Waals surface area (Å²) in [7, 11) is 0. The van der Waals surface area contributed by atoms with Crippen molar-refractivity contribution < 1.29 is 0 Å². The molecule has 2 aliphatic rings. The zero-order valence-corrected chi connectivity index (χ0v) is 13.5. The van der Waals surface area contributed by atoms with E-state index in [4.69, 9.17) is 0 Å². The van der Waals surface area contributed by atoms with Crippen LogP contribution in [0.15, 0.2) is 0 Å². The molecule has 0 nitrogen and oxygen atoms in total. The van der Waals surface area contributed by atoms with Crippen LogP contribution in [-0.2, 0) is 0 Å². The van der Waals surface area contributed by atoms with Gasteiger partial charge in [-0.15, -0.1) is 0 Å². The minimum atomic E-state index is 1.08. The maximum Gasteiger partial charge on any atom is -0.0360 e. The summed E-state index contributed by atoms with van der Waals surface area (Å²) >= 11 is 0. The van der Waals surface area contributed by atoms with Gasteiger partial charge < -0.3 is 0 Å². The van der Waals surface area contributed by atoms with Crippen molar-refractivity contribution in [3.05, 3.63) is 0 Å². The second kappa shape index (κ2) is 8.32. The molecule has 0 aromatic carbocycles. The molecule has 2 fully saturated rings. The van der Waals surface area contributed by atoms with E-state index in [0.29, 0.717) is 0 Å². The zero-order chi connectivity index (χ0) is 13.5. The third kappa shape index (κ3) is 4.50. The van der Waals surface area contributed by atoms with E-state index in [1.165, 1.54) is 44.9 Å². The average Bonchev–Trinajstić information content (AvgIpc) is 2.48. The van der Waals surface area contributed by atoms with Gasteiger partial charge in [0, 0.05) is 0 Å². The molecule has 2 saturated carbocycles. The third-order valence-corrected chi connectivity index (χ3v) is 6.19. The summed E-state index contributed by atoms with van der Waals surface area (Å²) < 4.78 is 0. The van der Waals surface area contributed by atoms with E-state index in [2.05, 4.69) is 13.8 Å². The van der Waals surface area contributed by atoms with Crippen LogP contribution in [0.3, 0.4) is 0 Å². The SMILES string of the molecule is CCCC[C@H]1CC[C@H](C(CC)C2CCCCC2)CC1. The lowest BCUT2D eigenvalue weighted by Gasteiger charge is -2.39. The number of hydrogen-bond donors (Lipinski definition) is 0. The van der Waals surface area contributed by atoms with Crippen LogP contribution in [0.1, 0.15) is 97.3 Å². The van der Waals surface area contributed by atoms with Gasteiger partial charge in [0.1, 0.15) is 0 Å². The van der Waals surface area contributed by atoms with Crippen LogP contribution < -0.4 is 0 Å². The van der Waals surface area contributed by atoms with Crippen molar-refractivity contribution in [3.63, 3.8) is 0 Å². The molecule has 0 heterocycles. The minimum Gasteiger partial charge on any atom is -0.0654 e. The van der Waals surface area contributed by atoms with Crippen molar-refractivity contribution in [2.45, 2.75) is 97.3 Å². The summed E-state index contributed by atoms with van der Waals surface area (Å²) in [5.41, 5.74) is 0. The van der Waals surface area contributed by atoms with Gasteiger partial charge in [-0.25, -0.2) is 0 Å². The molecule has 0 aliphatic heterocycles. The molecule has 0 bridgehead atoms. The van der Waals surface area contributed by atoms with Gasteiger partial charge >= 0.3 is 0 Å². The monoisotopic (exact) mass is 264 g/mol. The summed E-state index contributed by atoms with van der Waals surface area (Å²) in [5, 5.41) is 0. The molecule has 0 heteroatoms. The highest BCUT2D eigenvalue weighted by Crippen LogP contribution is 2.43. The van der Waals surface area contributed by atoms with Crippen LogP contribution in [0.5, 0.6) is 0 Å². The van der Waals surface area contributed by atoms with Crippen molar-refractivity contribution in [1.29, 1.82) is 0 Å². The molecule has 0 amide bonds. The first-order valence-corrected chi connectivity index (χ1v) is 9.35. The van der Waals surface area contributed by atoms with Gasteiger partial charge in [0.15, 0.2) is 0 Å². The van der Waals surface area contributed by atoms with Gasteiger partial charge in [0.25, 0.3) is 0 Å². The van der Waals surface area contributed by atoms with E-state index in [1.807, 2.05) is 0 Å². The number of rotatable bonds is 6. The molecule has 112 valence electrons. The largest absolute Gasteiger partial charge is 0.0654 e. The molecule has 0 N–H and O–H groups in total. The van der Waals surface area contributed by atoms with Crippen molar-refractivity contribution in [1.82, 2.24) is 0 Å². The van der Waals surface area contributed by atoms with Gasteiger partial charge in [-0.2, -0.15) is 0 Å². The maximum absolute atomic E-state index is 2.46. The van der Waals surface area contributed by atoms with Gasteiger partial charge in [-0.3, -0.25) is 0 Å². The van der Waals surface area contributed by atoms with E-state index < -0.39 is 0 Å². The normalized spacial score (nSPS) is 31.3. The van der Waals surface area contributed by atoms with Gasteiger partial charge in [-0.1, -0.05) is 84.5 Å². The molecule has 0 aromatic rings. The Morgan fingerprint density at radius 3 is 2.00 bits per heavy atom. The highest BCUT2D eigenvalue weighted by Gasteiger charge is 2.31. The molecule has 0 saturated heterocycles. The van der Waals surface area contributed by atoms with Gasteiger partial charge in [0.05, 0.1) is 0 Å². The Balaban J connectivity index is 1.77. The van der Waals surface area contributed by atoms with Crippen LogP contribution in [0.2, 0.25) is 0 Å². The van der Waals surface area contributed by atoms with E-state index in [1.54, 1.807) is 38.5 Å². The summed E-state index contributed by atoms with van der Waals surface area (Å²) in [6.07, 6.45) is 19.7. The number of hydrogen-bond acceptors (Lipinski definition) is 0. The second-order valence-corrected chi connectivity index (χ2v) is 7.39. The third-order valence-electron chi connectivity index (χ3n) is 6.19. The molecule has 2 aliphatic carbocycles. The van der Waals surface area contributed by atoms with Crippen LogP contribution in [-0.4, -0.2) is 0 Å². The summed E-state index contributed by atoms with van der Waals surface area (Å²) in [6.45, 7) is 4.80. The van der Waals surface area contributed by atoms with Crippen molar-refractivity contribution >= 4 is 0 Å². The molecule has 0 radical (unpaired) electrons. The minimum absolute atomic E-state index is 1.08. The fourth-order valence-electron chi connectivity index (χ4n) is 5.01. The first-order chi connectivity index (χ1) is 9.35. The Morgan fingerprint density at radius 1 is 0.789 bits per heavy atom. The van der Waals surface area contributed by atoms with E-state index in [-0.39, 0.29) is 0 Å². The summed E-state index contributed by atoms with van der Waals surface area (Å²) in [5.74, 6) is 4.34. The Morgan fingerprint density at radius 2 is 1.42 bits per heavy atom. The standard InChI is InChI=1S/C19H36/c1-3-5-9-16-12-14-18(15-13-16)19(4-2)17-10-7-6-8-11-17/h16-19H,3-15H2,1-2H3/t16-,18-,19?. The van der Waals surface area contributed by atoms with Crippen molar-refractivity contribution in [2.75, 3.05) is 0 Å². The van der Waals surface area contributed by atoms with E-state index in [9.17, 15) is 0 Å². The molecule has 0 spiro atoms. The summed E-state index contributed by atoms with van der Waals surface area (Å²) in [4.78, 5) is 0. The number of unbranched alkanes of at least 4 members (excludes halogenated alkanes) is 1. The van der Waals surface area contributed by atoms with Gasteiger partial charge in [0.2, 0.25) is 0 Å². The molecule has 1 unspecified atom stereocenters. The predicted octanol–water partition coefficient (Wildman–Crippen LogP) is 6.59. The molecule has 0 aromatic heterocycles. The molecule has 1 atom stereocenters. The predicted molar refractivity (Wildman–Crippen MR) is 85.3 cm³/mol. The lowest BCUT2D eigenvalue weighted by Crippen LogP contribution is -2.28. The topological polar surface area (TPSA) is 0 Å². The first-order valence-electron chi connectivity index (χ1n) is 9.35. The fourth-order valence-corrected chi connectivity index (χ4v) is 5.01. The van der Waals surface area contributed by atoms with Crippen LogP contribution >= 0.6 is 0 Å². The van der Waals surface area contributed by atoms with Crippen LogP contribution in [0.25, 0.3) is 0 Å². The quantitative estimate of drug-likeness (QED) is 0.507. The molecule has 2 rings (SSSR count). The highest BCUT2D eigenvalue weighted by molar-refractivity contribution is 4.82. The Hall–Kier alpha value is 0. The Bertz CT molecular complexity index is 218. The Kier molecular flexibility index (Phi) is 6.74.